The van der Waals surface area contributed by atoms with Crippen molar-refractivity contribution in [3.8, 4) is 0 Å². The van der Waals surface area contributed by atoms with Crippen LogP contribution in [0.5, 0.6) is 0 Å². The number of nitrogens with two attached hydrogens (primary N) is 1. The quantitative estimate of drug-likeness (QED) is 0.0208. The minimum atomic E-state index is -4.43. The average molecular weight is 758 g/mol. The zero-order valence-corrected chi connectivity index (χ0v) is 33.1. The minimum Gasteiger partial charge on any atom is -0.462 e. The predicted molar refractivity (Wildman–Crippen MR) is 209 cm³/mol. The molecule has 0 aliphatic heterocycles. The number of unbranched alkanes of at least 4 members (excludes halogenated alkanes) is 13. The third-order valence-corrected chi connectivity index (χ3v) is 9.16. The van der Waals surface area contributed by atoms with Crippen molar-refractivity contribution in [3.05, 3.63) is 48.6 Å². The van der Waals surface area contributed by atoms with Crippen LogP contribution in [0.4, 0.5) is 0 Å². The number of ether oxygens (including phenoxy) is 2. The Morgan fingerprint density at radius 3 is 1.71 bits per heavy atom. The molecule has 5 N–H and O–H groups in total. The van der Waals surface area contributed by atoms with Gasteiger partial charge in [0, 0.05) is 19.4 Å². The molecule has 0 fully saturated rings. The molecular weight excluding hydrogens is 685 g/mol. The molecule has 0 aromatic heterocycles. The smallest absolute Gasteiger partial charge is 0.462 e. The highest BCUT2D eigenvalue weighted by Gasteiger charge is 2.26. The fourth-order valence-corrected chi connectivity index (χ4v) is 5.91. The normalized spacial score (nSPS) is 15.1. The number of allylic oxidation sites excluding steroid dienone is 6. The molecule has 0 radical (unpaired) electrons. The molecule has 12 heteroatoms. The van der Waals surface area contributed by atoms with E-state index in [1.54, 1.807) is 18.2 Å². The van der Waals surface area contributed by atoms with E-state index in [-0.39, 0.29) is 32.6 Å². The Kier molecular flexibility index (Phi) is 34.4. The van der Waals surface area contributed by atoms with E-state index in [1.165, 1.54) is 51.4 Å². The summed E-state index contributed by atoms with van der Waals surface area (Å²) in [4.78, 5) is 34.7. The van der Waals surface area contributed by atoms with Crippen molar-refractivity contribution in [3.63, 3.8) is 0 Å². The fraction of sp³-hybridized carbons (Fsp3) is 0.750. The Balaban J connectivity index is 4.45. The third-order valence-electron chi connectivity index (χ3n) is 8.18. The first-order valence-electron chi connectivity index (χ1n) is 19.8. The molecule has 52 heavy (non-hydrogen) atoms. The maximum Gasteiger partial charge on any atom is 0.472 e. The van der Waals surface area contributed by atoms with Gasteiger partial charge in [-0.2, -0.15) is 0 Å². The highest BCUT2D eigenvalue weighted by molar-refractivity contribution is 7.47. The number of carbonyl (C=O) groups excluding carboxylic acids is 2. The summed E-state index contributed by atoms with van der Waals surface area (Å²) >= 11 is 0. The lowest BCUT2D eigenvalue weighted by molar-refractivity contribution is -0.161. The van der Waals surface area contributed by atoms with Crippen LogP contribution in [0.3, 0.4) is 0 Å². The largest absolute Gasteiger partial charge is 0.472 e. The van der Waals surface area contributed by atoms with Gasteiger partial charge in [-0.25, -0.2) is 4.57 Å². The van der Waals surface area contributed by atoms with Gasteiger partial charge in [0.2, 0.25) is 0 Å². The van der Waals surface area contributed by atoms with E-state index in [0.717, 1.165) is 44.9 Å². The molecule has 0 saturated heterocycles. The van der Waals surface area contributed by atoms with Crippen LogP contribution < -0.4 is 5.73 Å². The highest BCUT2D eigenvalue weighted by atomic mass is 31.2. The third kappa shape index (κ3) is 34.9. The van der Waals surface area contributed by atoms with Gasteiger partial charge in [0.15, 0.2) is 6.10 Å². The Hall–Kier alpha value is -2.11. The molecule has 0 aromatic carbocycles. The van der Waals surface area contributed by atoms with Crippen LogP contribution in [0.2, 0.25) is 0 Å². The Bertz CT molecular complexity index is 1030. The Morgan fingerprint density at radius 2 is 1.15 bits per heavy atom. The molecule has 1 unspecified atom stereocenters. The standard InChI is InChI=1S/C40H72NO10P/c1-3-5-7-8-9-10-11-12-13-17-20-24-30-40(45)51-38(35-50-52(46,47)49-33-32-41)34-48-39(44)31-25-29-37(43)28-23-19-16-14-15-18-22-27-36(42)26-21-6-4-2/h15-16,18-19,22-23,27-28,36-38,42-43H,3-14,17,20-21,24-26,29-35,41H2,1-2H3,(H,46,47)/b18-15-,19-16-,27-22+,28-23+/t36-,37-,38+/m0/s1. The first-order valence-corrected chi connectivity index (χ1v) is 21.3. The van der Waals surface area contributed by atoms with Gasteiger partial charge in [0.1, 0.15) is 6.61 Å². The van der Waals surface area contributed by atoms with Crippen molar-refractivity contribution in [1.82, 2.24) is 0 Å². The van der Waals surface area contributed by atoms with Crippen molar-refractivity contribution < 1.29 is 47.8 Å². The molecular formula is C40H72NO10P. The van der Waals surface area contributed by atoms with Crippen LogP contribution in [-0.4, -0.2) is 71.7 Å². The van der Waals surface area contributed by atoms with Gasteiger partial charge >= 0.3 is 19.8 Å². The highest BCUT2D eigenvalue weighted by Crippen LogP contribution is 2.43. The average Bonchev–Trinajstić information content (AvgIpc) is 3.11. The number of aliphatic hydroxyl groups is 2. The number of phosphoric acid groups is 1. The van der Waals surface area contributed by atoms with Gasteiger partial charge in [-0.15, -0.1) is 0 Å². The molecule has 302 valence electrons. The van der Waals surface area contributed by atoms with Crippen LogP contribution in [0, 0.1) is 0 Å². The molecule has 0 bridgehead atoms. The number of rotatable bonds is 36. The fourth-order valence-electron chi connectivity index (χ4n) is 5.14. The van der Waals surface area contributed by atoms with Crippen LogP contribution in [-0.2, 0) is 32.7 Å². The minimum absolute atomic E-state index is 0.0201. The van der Waals surface area contributed by atoms with Gasteiger partial charge in [0.05, 0.1) is 25.4 Å². The van der Waals surface area contributed by atoms with Crippen LogP contribution >= 0.6 is 7.82 Å². The van der Waals surface area contributed by atoms with Crippen LogP contribution in [0.15, 0.2) is 48.6 Å². The first kappa shape index (κ1) is 49.9. The second-order valence-corrected chi connectivity index (χ2v) is 14.7. The van der Waals surface area contributed by atoms with Gasteiger partial charge in [-0.1, -0.05) is 152 Å². The topological polar surface area (TPSA) is 175 Å². The van der Waals surface area contributed by atoms with Crippen molar-refractivity contribution in [1.29, 1.82) is 0 Å². The molecule has 4 atom stereocenters. The number of hydrogen-bond donors (Lipinski definition) is 4. The molecule has 0 aliphatic rings. The van der Waals surface area contributed by atoms with Crippen molar-refractivity contribution in [2.45, 2.75) is 167 Å². The summed E-state index contributed by atoms with van der Waals surface area (Å²) in [7, 11) is -4.43. The predicted octanol–water partition coefficient (Wildman–Crippen LogP) is 8.71. The summed E-state index contributed by atoms with van der Waals surface area (Å²) in [6.07, 6.45) is 32.2. The van der Waals surface area contributed by atoms with E-state index in [9.17, 15) is 29.3 Å². The maximum atomic E-state index is 12.5. The van der Waals surface area contributed by atoms with Gasteiger partial charge in [0.25, 0.3) is 0 Å². The zero-order chi connectivity index (χ0) is 38.5. The van der Waals surface area contributed by atoms with E-state index in [4.69, 9.17) is 24.3 Å². The Morgan fingerprint density at radius 1 is 0.654 bits per heavy atom. The number of esters is 2. The monoisotopic (exact) mass is 757 g/mol. The second kappa shape index (κ2) is 35.9. The van der Waals surface area contributed by atoms with Crippen molar-refractivity contribution >= 4 is 19.8 Å². The lowest BCUT2D eigenvalue weighted by atomic mass is 10.0. The van der Waals surface area contributed by atoms with Gasteiger partial charge < -0.3 is 30.3 Å². The second-order valence-electron chi connectivity index (χ2n) is 13.2. The maximum absolute atomic E-state index is 12.5. The molecule has 0 aromatic rings. The number of phosphoric ester groups is 1. The molecule has 0 heterocycles. The van der Waals surface area contributed by atoms with Crippen molar-refractivity contribution in [2.75, 3.05) is 26.4 Å². The lowest BCUT2D eigenvalue weighted by Gasteiger charge is -2.20. The van der Waals surface area contributed by atoms with Gasteiger partial charge in [-0.3, -0.25) is 18.6 Å². The zero-order valence-electron chi connectivity index (χ0n) is 32.3. The summed E-state index contributed by atoms with van der Waals surface area (Å²) in [5, 5.41) is 20.1. The number of hydrogen-bond acceptors (Lipinski definition) is 10. The molecule has 0 amide bonds. The first-order chi connectivity index (χ1) is 25.1. The summed E-state index contributed by atoms with van der Waals surface area (Å²) < 4.78 is 32.5. The van der Waals surface area contributed by atoms with E-state index in [2.05, 4.69) is 13.8 Å². The summed E-state index contributed by atoms with van der Waals surface area (Å²) in [5.41, 5.74) is 5.32. The van der Waals surface area contributed by atoms with E-state index < -0.39 is 44.7 Å². The van der Waals surface area contributed by atoms with Crippen LogP contribution in [0.25, 0.3) is 0 Å². The Labute approximate surface area is 314 Å². The molecule has 11 nitrogen and oxygen atoms in total. The van der Waals surface area contributed by atoms with E-state index in [0.29, 0.717) is 25.7 Å². The number of aliphatic hydroxyl groups excluding tert-OH is 2. The summed E-state index contributed by atoms with van der Waals surface area (Å²) in [5.74, 6) is -1.06. The van der Waals surface area contributed by atoms with E-state index in [1.807, 2.05) is 30.4 Å². The van der Waals surface area contributed by atoms with Crippen LogP contribution in [0.1, 0.15) is 149 Å². The molecule has 0 saturated carbocycles. The molecule has 0 spiro atoms. The number of carbonyl (C=O) groups is 2. The van der Waals surface area contributed by atoms with E-state index >= 15 is 0 Å². The summed E-state index contributed by atoms with van der Waals surface area (Å²) in [6, 6.07) is 0. The summed E-state index contributed by atoms with van der Waals surface area (Å²) in [6.45, 7) is 3.34. The molecule has 0 rings (SSSR count). The SMILES string of the molecule is CCCCCCCCCCCCCCC(=O)O[C@H](COC(=O)CCC[C@@H](O)/C=C/C=C\C/C=C\C=C\[C@@H](O)CCCCC)COP(=O)(O)OCCN. The molecule has 0 aliphatic carbocycles. The van der Waals surface area contributed by atoms with Gasteiger partial charge in [-0.05, 0) is 32.1 Å². The lowest BCUT2D eigenvalue weighted by Crippen LogP contribution is -2.29. The van der Waals surface area contributed by atoms with Crippen molar-refractivity contribution in [2.24, 2.45) is 5.73 Å².